The van der Waals surface area contributed by atoms with E-state index in [4.69, 9.17) is 9.84 Å². The molecule has 0 atom stereocenters. The molecule has 0 spiro atoms. The lowest BCUT2D eigenvalue weighted by atomic mass is 10.0. The quantitative estimate of drug-likeness (QED) is 0.561. The van der Waals surface area contributed by atoms with Crippen molar-refractivity contribution in [3.63, 3.8) is 0 Å². The fourth-order valence-corrected chi connectivity index (χ4v) is 3.34. The molecule has 1 N–H and O–H groups in total. The third-order valence-corrected chi connectivity index (χ3v) is 4.81. The average molecular weight is 387 g/mol. The molecule has 0 saturated carbocycles. The summed E-state index contributed by atoms with van der Waals surface area (Å²) >= 11 is 0. The summed E-state index contributed by atoms with van der Waals surface area (Å²) in [6.07, 6.45) is 0.746. The number of ether oxygens (including phenoxy) is 1. The Morgan fingerprint density at radius 3 is 2.52 bits per heavy atom. The zero-order valence-corrected chi connectivity index (χ0v) is 16.5. The van der Waals surface area contributed by atoms with Crippen LogP contribution in [0.1, 0.15) is 28.8 Å². The number of para-hydroxylation sites is 2. The topological polar surface area (TPSA) is 81.4 Å². The summed E-state index contributed by atoms with van der Waals surface area (Å²) in [6, 6.07) is 17.2. The van der Waals surface area contributed by atoms with Gasteiger partial charge in [0.05, 0.1) is 29.7 Å². The number of rotatable bonds is 5. The molecule has 7 nitrogen and oxygen atoms in total. The van der Waals surface area contributed by atoms with Gasteiger partial charge >= 0.3 is 0 Å². The van der Waals surface area contributed by atoms with Gasteiger partial charge in [-0.2, -0.15) is 5.10 Å². The van der Waals surface area contributed by atoms with Gasteiger partial charge in [0.15, 0.2) is 11.3 Å². The van der Waals surface area contributed by atoms with Gasteiger partial charge in [0.2, 0.25) is 0 Å². The van der Waals surface area contributed by atoms with Gasteiger partial charge in [-0.3, -0.25) is 4.79 Å². The Morgan fingerprint density at radius 2 is 1.79 bits per heavy atom. The zero-order valence-electron chi connectivity index (χ0n) is 16.5. The molecule has 0 unspecified atom stereocenters. The first-order valence-electron chi connectivity index (χ1n) is 9.38. The van der Waals surface area contributed by atoms with Crippen LogP contribution in [0.25, 0.3) is 16.8 Å². The molecule has 0 aliphatic heterocycles. The van der Waals surface area contributed by atoms with Crippen LogP contribution < -0.4 is 10.1 Å². The van der Waals surface area contributed by atoms with Gasteiger partial charge in [-0.25, -0.2) is 4.52 Å². The van der Waals surface area contributed by atoms with Crippen LogP contribution in [0.4, 0.5) is 5.69 Å². The van der Waals surface area contributed by atoms with E-state index in [0.29, 0.717) is 22.8 Å². The summed E-state index contributed by atoms with van der Waals surface area (Å²) in [5.41, 5.74) is 4.93. The van der Waals surface area contributed by atoms with E-state index in [2.05, 4.69) is 15.5 Å². The largest absolute Gasteiger partial charge is 0.495 e. The molecule has 4 aromatic rings. The maximum atomic E-state index is 12.9. The van der Waals surface area contributed by atoms with E-state index in [-0.39, 0.29) is 11.6 Å². The summed E-state index contributed by atoms with van der Waals surface area (Å²) in [5.74, 6) is 0.211. The van der Waals surface area contributed by atoms with Crippen molar-refractivity contribution in [3.05, 3.63) is 71.7 Å². The fraction of sp³-hybridized carbons (Fsp3) is 0.182. The molecule has 0 radical (unpaired) electrons. The normalized spacial score (nSPS) is 10.9. The summed E-state index contributed by atoms with van der Waals surface area (Å²) in [6.45, 7) is 3.87. The molecule has 0 saturated heterocycles. The Morgan fingerprint density at radius 1 is 1.07 bits per heavy atom. The van der Waals surface area contributed by atoms with Crippen LogP contribution in [0.2, 0.25) is 0 Å². The minimum atomic E-state index is -0.365. The first-order valence-corrected chi connectivity index (χ1v) is 9.38. The molecule has 146 valence electrons. The van der Waals surface area contributed by atoms with Gasteiger partial charge in [-0.05, 0) is 31.0 Å². The third kappa shape index (κ3) is 3.31. The molecule has 0 aliphatic rings. The molecule has 7 heteroatoms. The number of methoxy groups -OCH3 is 1. The number of carbonyl (C=O) groups is 1. The van der Waals surface area contributed by atoms with E-state index >= 15 is 0 Å². The second kappa shape index (κ2) is 7.71. The molecule has 0 fully saturated rings. The highest BCUT2D eigenvalue weighted by Crippen LogP contribution is 2.29. The number of hydrogen-bond acceptors (Lipinski definition) is 5. The van der Waals surface area contributed by atoms with Crippen molar-refractivity contribution in [1.82, 2.24) is 19.8 Å². The lowest BCUT2D eigenvalue weighted by molar-refractivity contribution is 0.101. The summed E-state index contributed by atoms with van der Waals surface area (Å²) < 4.78 is 7.00. The van der Waals surface area contributed by atoms with E-state index in [9.17, 15) is 4.79 Å². The van der Waals surface area contributed by atoms with E-state index in [0.717, 1.165) is 23.2 Å². The molecule has 2 aromatic heterocycles. The maximum absolute atomic E-state index is 12.9. The van der Waals surface area contributed by atoms with E-state index in [1.54, 1.807) is 23.8 Å². The molecule has 29 heavy (non-hydrogen) atoms. The first-order chi connectivity index (χ1) is 14.1. The fourth-order valence-electron chi connectivity index (χ4n) is 3.34. The minimum Gasteiger partial charge on any atom is -0.495 e. The predicted molar refractivity (Wildman–Crippen MR) is 111 cm³/mol. The third-order valence-electron chi connectivity index (χ3n) is 4.81. The van der Waals surface area contributed by atoms with Crippen molar-refractivity contribution in [1.29, 1.82) is 0 Å². The number of aromatic nitrogens is 4. The molecule has 4 rings (SSSR count). The number of aryl methyl sites for hydroxylation is 2. The number of benzene rings is 2. The predicted octanol–water partition coefficient (Wildman–Crippen LogP) is 3.92. The number of fused-ring (bicyclic) bond motifs is 1. The molecule has 2 heterocycles. The van der Waals surface area contributed by atoms with Crippen molar-refractivity contribution in [2.45, 2.75) is 20.3 Å². The number of nitrogens with zero attached hydrogens (tertiary/aromatic N) is 4. The van der Waals surface area contributed by atoms with Gasteiger partial charge in [-0.1, -0.05) is 49.4 Å². The maximum Gasteiger partial charge on any atom is 0.278 e. The van der Waals surface area contributed by atoms with Crippen LogP contribution in [0.15, 0.2) is 54.6 Å². The second-order valence-corrected chi connectivity index (χ2v) is 6.57. The summed E-state index contributed by atoms with van der Waals surface area (Å²) in [7, 11) is 1.56. The number of hydrogen-bond donors (Lipinski definition) is 1. The highest BCUT2D eigenvalue weighted by molar-refractivity contribution is 6.04. The van der Waals surface area contributed by atoms with Gasteiger partial charge in [0.1, 0.15) is 5.75 Å². The summed E-state index contributed by atoms with van der Waals surface area (Å²) in [4.78, 5) is 12.9. The number of carbonyl (C=O) groups excluding carboxylic acids is 1. The Balaban J connectivity index is 1.78. The minimum absolute atomic E-state index is 0.216. The Kier molecular flexibility index (Phi) is 4.95. The van der Waals surface area contributed by atoms with E-state index < -0.39 is 0 Å². The molecular formula is C22H21N5O2. The number of nitrogens with one attached hydrogen (secondary N) is 1. The van der Waals surface area contributed by atoms with Gasteiger partial charge in [0, 0.05) is 0 Å². The summed E-state index contributed by atoms with van der Waals surface area (Å²) in [5, 5.41) is 16.1. The molecular weight excluding hydrogens is 366 g/mol. The highest BCUT2D eigenvalue weighted by Gasteiger charge is 2.21. The number of anilines is 1. The Labute approximate surface area is 168 Å². The standard InChI is InChI=1S/C22H21N5O2/c1-4-16-19(15-10-6-5-7-11-15)21-25-24-20(14(2)27(21)26-16)22(28)23-17-12-8-9-13-18(17)29-3/h5-13H,4H2,1-3H3,(H,23,28). The molecule has 0 bridgehead atoms. The van der Waals surface area contributed by atoms with Crippen molar-refractivity contribution < 1.29 is 9.53 Å². The lowest BCUT2D eigenvalue weighted by Gasteiger charge is -2.10. The smallest absolute Gasteiger partial charge is 0.278 e. The van der Waals surface area contributed by atoms with Crippen molar-refractivity contribution in [3.8, 4) is 16.9 Å². The monoisotopic (exact) mass is 387 g/mol. The van der Waals surface area contributed by atoms with Crippen LogP contribution in [0.3, 0.4) is 0 Å². The zero-order chi connectivity index (χ0) is 20.4. The van der Waals surface area contributed by atoms with Crippen molar-refractivity contribution in [2.24, 2.45) is 0 Å². The molecule has 1 amide bonds. The van der Waals surface area contributed by atoms with Gasteiger partial charge in [-0.15, -0.1) is 10.2 Å². The van der Waals surface area contributed by atoms with Crippen LogP contribution in [-0.4, -0.2) is 32.8 Å². The SMILES string of the molecule is CCc1nn2c(C)c(C(=O)Nc3ccccc3OC)nnc2c1-c1ccccc1. The van der Waals surface area contributed by atoms with Crippen molar-refractivity contribution in [2.75, 3.05) is 12.4 Å². The molecule has 0 aliphatic carbocycles. The van der Waals surface area contributed by atoms with Gasteiger partial charge in [0.25, 0.3) is 5.91 Å². The van der Waals surface area contributed by atoms with Crippen LogP contribution in [-0.2, 0) is 6.42 Å². The number of amides is 1. The average Bonchev–Trinajstić information content (AvgIpc) is 3.14. The second-order valence-electron chi connectivity index (χ2n) is 6.57. The van der Waals surface area contributed by atoms with Crippen LogP contribution in [0.5, 0.6) is 5.75 Å². The molecule has 2 aromatic carbocycles. The first kappa shape index (κ1) is 18.6. The highest BCUT2D eigenvalue weighted by atomic mass is 16.5. The Bertz CT molecular complexity index is 1180. The van der Waals surface area contributed by atoms with Crippen LogP contribution in [0, 0.1) is 6.92 Å². The van der Waals surface area contributed by atoms with Crippen molar-refractivity contribution >= 4 is 17.2 Å². The Hall–Kier alpha value is -3.74. The van der Waals surface area contributed by atoms with E-state index in [1.807, 2.05) is 56.3 Å². The van der Waals surface area contributed by atoms with Crippen LogP contribution >= 0.6 is 0 Å². The van der Waals surface area contributed by atoms with E-state index in [1.165, 1.54) is 0 Å². The lowest BCUT2D eigenvalue weighted by Crippen LogP contribution is -2.19. The van der Waals surface area contributed by atoms with Gasteiger partial charge < -0.3 is 10.1 Å².